The van der Waals surface area contributed by atoms with E-state index in [2.05, 4.69) is 71.5 Å². The zero-order valence-electron chi connectivity index (χ0n) is 19.4. The van der Waals surface area contributed by atoms with Crippen LogP contribution in [0.2, 0.25) is 0 Å². The number of carbonyl (C=O) groups is 1. The molecule has 0 radical (unpaired) electrons. The van der Waals surface area contributed by atoms with E-state index in [-0.39, 0.29) is 23.7 Å². The molecule has 3 aromatic rings. The second kappa shape index (κ2) is 7.84. The Hall–Kier alpha value is -2.92. The molecule has 2 bridgehead atoms. The Labute approximate surface area is 195 Å². The van der Waals surface area contributed by atoms with Crippen LogP contribution in [0, 0.1) is 11.3 Å². The summed E-state index contributed by atoms with van der Waals surface area (Å²) in [5.41, 5.74) is 5.84. The highest BCUT2D eigenvalue weighted by atomic mass is 16.6. The lowest BCUT2D eigenvalue weighted by Gasteiger charge is -2.44. The summed E-state index contributed by atoms with van der Waals surface area (Å²) < 4.78 is 5.93. The fourth-order valence-corrected chi connectivity index (χ4v) is 6.10. The predicted octanol–water partition coefficient (Wildman–Crippen LogP) is 5.35. The number of amides is 1. The monoisotopic (exact) mass is 441 g/mol. The number of ether oxygens (including phenoxy) is 1. The molecule has 2 atom stereocenters. The highest BCUT2D eigenvalue weighted by molar-refractivity contribution is 5.84. The highest BCUT2D eigenvalue weighted by Crippen LogP contribution is 2.46. The van der Waals surface area contributed by atoms with Crippen LogP contribution in [0.5, 0.6) is 0 Å². The zero-order valence-corrected chi connectivity index (χ0v) is 19.4. The van der Waals surface area contributed by atoms with Gasteiger partial charge in [-0.25, -0.2) is 4.79 Å². The molecule has 1 aliphatic carbocycles. The third kappa shape index (κ3) is 3.78. The molecule has 1 aromatic heterocycles. The van der Waals surface area contributed by atoms with Crippen LogP contribution in [0.25, 0.3) is 22.0 Å². The van der Waals surface area contributed by atoms with Crippen LogP contribution >= 0.6 is 0 Å². The maximum Gasteiger partial charge on any atom is 0.407 e. The number of fused-ring (bicyclic) bond motifs is 5. The van der Waals surface area contributed by atoms with Gasteiger partial charge >= 0.3 is 6.09 Å². The smallest absolute Gasteiger partial charge is 0.407 e. The van der Waals surface area contributed by atoms with Gasteiger partial charge in [-0.3, -0.25) is 9.88 Å². The Morgan fingerprint density at radius 2 is 1.88 bits per heavy atom. The maximum absolute atomic E-state index is 12.9. The molecule has 1 N–H and O–H groups in total. The average molecular weight is 442 g/mol. The zero-order chi connectivity index (χ0) is 22.6. The van der Waals surface area contributed by atoms with Crippen molar-refractivity contribution in [1.82, 2.24) is 15.2 Å². The summed E-state index contributed by atoms with van der Waals surface area (Å²) in [6.45, 7) is 7.63. The van der Waals surface area contributed by atoms with Crippen molar-refractivity contribution in [3.8, 4) is 11.1 Å². The Bertz CT molecular complexity index is 1210. The van der Waals surface area contributed by atoms with Crippen molar-refractivity contribution in [2.45, 2.75) is 45.3 Å². The van der Waals surface area contributed by atoms with Crippen LogP contribution in [0.1, 0.15) is 43.9 Å². The predicted molar refractivity (Wildman–Crippen MR) is 130 cm³/mol. The number of alkyl carbamates (subject to hydrolysis) is 1. The van der Waals surface area contributed by atoms with Gasteiger partial charge in [0.25, 0.3) is 0 Å². The molecule has 3 saturated heterocycles. The number of rotatable bonds is 3. The van der Waals surface area contributed by atoms with Crippen molar-refractivity contribution >= 4 is 17.0 Å². The van der Waals surface area contributed by atoms with E-state index in [0.29, 0.717) is 5.92 Å². The lowest BCUT2D eigenvalue weighted by atomic mass is 9.85. The standard InChI is InChI=1S/C28H31N3O2/c1-28(2)16-22-15-19(20-6-8-24-21(14-20)4-3-11-29-24)5-7-23(22)26(28)30-27(32)33-25-17-31-12-9-18(25)10-13-31/h3-8,11,14-15,18,25-26H,9-10,12-13,16-17H2,1-2H3,(H,30,32)/t25-,26?/m1/s1. The van der Waals surface area contributed by atoms with E-state index in [1.807, 2.05) is 12.3 Å². The first-order valence-electron chi connectivity index (χ1n) is 12.1. The molecule has 1 amide bonds. The Kier molecular flexibility index (Phi) is 4.91. The van der Waals surface area contributed by atoms with Gasteiger partial charge in [-0.1, -0.05) is 44.2 Å². The third-order valence-corrected chi connectivity index (χ3v) is 7.93. The van der Waals surface area contributed by atoms with Gasteiger partial charge in [0.1, 0.15) is 6.10 Å². The minimum Gasteiger partial charge on any atom is -0.445 e. The number of piperidine rings is 3. The Morgan fingerprint density at radius 1 is 1.09 bits per heavy atom. The summed E-state index contributed by atoms with van der Waals surface area (Å²) >= 11 is 0. The number of carbonyl (C=O) groups excluding carboxylic acids is 1. The van der Waals surface area contributed by atoms with E-state index < -0.39 is 0 Å². The summed E-state index contributed by atoms with van der Waals surface area (Å²) in [6, 6.07) is 17.1. The molecule has 5 nitrogen and oxygen atoms in total. The molecule has 3 fully saturated rings. The first-order chi connectivity index (χ1) is 16.0. The van der Waals surface area contributed by atoms with Crippen LogP contribution < -0.4 is 5.32 Å². The van der Waals surface area contributed by atoms with Gasteiger partial charge in [0.15, 0.2) is 0 Å². The van der Waals surface area contributed by atoms with E-state index >= 15 is 0 Å². The molecule has 0 spiro atoms. The minimum atomic E-state index is -0.272. The van der Waals surface area contributed by atoms with Crippen LogP contribution in [-0.4, -0.2) is 41.7 Å². The Morgan fingerprint density at radius 3 is 2.67 bits per heavy atom. The molecule has 2 aromatic carbocycles. The second-order valence-electron chi connectivity index (χ2n) is 10.6. The number of benzene rings is 2. The molecule has 33 heavy (non-hydrogen) atoms. The van der Waals surface area contributed by atoms with Crippen molar-refractivity contribution < 1.29 is 9.53 Å². The van der Waals surface area contributed by atoms with E-state index in [4.69, 9.17) is 4.74 Å². The van der Waals surface area contributed by atoms with Gasteiger partial charge in [0.05, 0.1) is 11.6 Å². The first-order valence-corrected chi connectivity index (χ1v) is 12.1. The highest BCUT2D eigenvalue weighted by Gasteiger charge is 2.42. The second-order valence-corrected chi connectivity index (χ2v) is 10.6. The van der Waals surface area contributed by atoms with Crippen LogP contribution in [-0.2, 0) is 11.2 Å². The van der Waals surface area contributed by atoms with E-state index in [1.54, 1.807) is 0 Å². The number of nitrogens with one attached hydrogen (secondary N) is 1. The number of hydrogen-bond donors (Lipinski definition) is 1. The molecule has 0 saturated carbocycles. The fraction of sp³-hybridized carbons (Fsp3) is 0.429. The number of pyridine rings is 1. The normalized spacial score (nSPS) is 27.3. The molecule has 4 heterocycles. The molecule has 7 rings (SSSR count). The number of nitrogens with zero attached hydrogens (tertiary/aromatic N) is 2. The SMILES string of the molecule is CC1(C)Cc2cc(-c3ccc4ncccc4c3)ccc2C1NC(=O)O[C@@H]1CN2CCC1CC2. The van der Waals surface area contributed by atoms with Crippen LogP contribution in [0.4, 0.5) is 4.79 Å². The maximum atomic E-state index is 12.9. The van der Waals surface area contributed by atoms with E-state index in [9.17, 15) is 4.79 Å². The summed E-state index contributed by atoms with van der Waals surface area (Å²) in [5.74, 6) is 0.518. The summed E-state index contributed by atoms with van der Waals surface area (Å²) in [7, 11) is 0. The first kappa shape index (κ1) is 20.7. The third-order valence-electron chi connectivity index (χ3n) is 7.93. The van der Waals surface area contributed by atoms with Crippen molar-refractivity contribution in [2.24, 2.45) is 11.3 Å². The topological polar surface area (TPSA) is 54.5 Å². The largest absolute Gasteiger partial charge is 0.445 e. The van der Waals surface area contributed by atoms with E-state index in [0.717, 1.165) is 49.8 Å². The van der Waals surface area contributed by atoms with Crippen molar-refractivity contribution in [2.75, 3.05) is 19.6 Å². The number of aromatic nitrogens is 1. The van der Waals surface area contributed by atoms with Gasteiger partial charge in [-0.15, -0.1) is 0 Å². The minimum absolute atomic E-state index is 0.0289. The molecular formula is C28H31N3O2. The molecule has 5 heteroatoms. The van der Waals surface area contributed by atoms with Crippen molar-refractivity contribution in [1.29, 1.82) is 0 Å². The van der Waals surface area contributed by atoms with Gasteiger partial charge in [-0.05, 0) is 84.1 Å². The van der Waals surface area contributed by atoms with Gasteiger partial charge in [-0.2, -0.15) is 0 Å². The summed E-state index contributed by atoms with van der Waals surface area (Å²) in [4.78, 5) is 19.7. The van der Waals surface area contributed by atoms with E-state index in [1.165, 1.54) is 22.3 Å². The van der Waals surface area contributed by atoms with Gasteiger partial charge in [0.2, 0.25) is 0 Å². The average Bonchev–Trinajstić information content (AvgIpc) is 3.08. The van der Waals surface area contributed by atoms with Crippen molar-refractivity contribution in [3.05, 3.63) is 65.9 Å². The Balaban J connectivity index is 1.22. The summed E-state index contributed by atoms with van der Waals surface area (Å²) in [5, 5.41) is 4.37. The van der Waals surface area contributed by atoms with Crippen LogP contribution in [0.15, 0.2) is 54.7 Å². The van der Waals surface area contributed by atoms with Gasteiger partial charge < -0.3 is 10.1 Å². The molecule has 3 aliphatic heterocycles. The lowest BCUT2D eigenvalue weighted by Crippen LogP contribution is -2.53. The van der Waals surface area contributed by atoms with Gasteiger partial charge in [0, 0.05) is 18.1 Å². The quantitative estimate of drug-likeness (QED) is 0.596. The lowest BCUT2D eigenvalue weighted by molar-refractivity contribution is -0.0348. The van der Waals surface area contributed by atoms with Crippen molar-refractivity contribution in [3.63, 3.8) is 0 Å². The molecule has 4 aliphatic rings. The summed E-state index contributed by atoms with van der Waals surface area (Å²) in [6.07, 6.45) is 4.80. The molecule has 1 unspecified atom stereocenters. The van der Waals surface area contributed by atoms with Crippen LogP contribution in [0.3, 0.4) is 0 Å². The number of hydrogen-bond acceptors (Lipinski definition) is 4. The molecular weight excluding hydrogens is 410 g/mol. The fourth-order valence-electron chi connectivity index (χ4n) is 6.10. The molecule has 170 valence electrons.